The van der Waals surface area contributed by atoms with Crippen molar-refractivity contribution < 1.29 is 9.21 Å². The van der Waals surface area contributed by atoms with Crippen molar-refractivity contribution in [3.8, 4) is 11.5 Å². The van der Waals surface area contributed by atoms with Crippen LogP contribution in [0.25, 0.3) is 17.1 Å². The lowest BCUT2D eigenvalue weighted by Crippen LogP contribution is -2.09. The minimum absolute atomic E-state index is 0.171. The summed E-state index contributed by atoms with van der Waals surface area (Å²) in [6.07, 6.45) is 3.61. The van der Waals surface area contributed by atoms with Gasteiger partial charge in [0, 0.05) is 13.1 Å². The molecule has 0 saturated carbocycles. The van der Waals surface area contributed by atoms with Crippen LogP contribution in [0.5, 0.6) is 0 Å². The van der Waals surface area contributed by atoms with E-state index in [1.807, 2.05) is 36.6 Å². The number of carbonyl (C=O) groups is 1. The highest BCUT2D eigenvalue weighted by molar-refractivity contribution is 5.88. The third-order valence-electron chi connectivity index (χ3n) is 2.84. The Kier molecular flexibility index (Phi) is 2.78. The fourth-order valence-electron chi connectivity index (χ4n) is 2.09. The Balaban J connectivity index is 2.24. The second-order valence-electron chi connectivity index (χ2n) is 4.68. The van der Waals surface area contributed by atoms with Crippen LogP contribution in [0.3, 0.4) is 0 Å². The van der Waals surface area contributed by atoms with E-state index in [2.05, 4.69) is 15.3 Å². The summed E-state index contributed by atoms with van der Waals surface area (Å²) >= 11 is 0. The van der Waals surface area contributed by atoms with E-state index in [0.717, 1.165) is 11.5 Å². The molecule has 3 rings (SSSR count). The molecule has 1 N–H and O–H groups in total. The summed E-state index contributed by atoms with van der Waals surface area (Å²) in [5.41, 5.74) is 2.18. The number of aromatic nitrogens is 3. The number of imidazole rings is 1. The van der Waals surface area contributed by atoms with E-state index in [9.17, 15) is 4.79 Å². The average molecular weight is 270 g/mol. The lowest BCUT2D eigenvalue weighted by atomic mass is 10.3. The minimum atomic E-state index is -0.171. The van der Waals surface area contributed by atoms with Gasteiger partial charge in [-0.2, -0.15) is 0 Å². The molecule has 20 heavy (non-hydrogen) atoms. The number of hydrogen-bond donors (Lipinski definition) is 1. The van der Waals surface area contributed by atoms with Crippen molar-refractivity contribution in [2.75, 3.05) is 5.32 Å². The second kappa shape index (κ2) is 4.48. The van der Waals surface area contributed by atoms with E-state index in [1.165, 1.54) is 6.92 Å². The van der Waals surface area contributed by atoms with Gasteiger partial charge < -0.3 is 14.1 Å². The van der Waals surface area contributed by atoms with Crippen LogP contribution in [0.1, 0.15) is 18.4 Å². The number of amides is 1. The Bertz CT molecular complexity index is 801. The second-order valence-corrected chi connectivity index (χ2v) is 4.68. The molecule has 0 aromatic carbocycles. The molecule has 0 spiro atoms. The van der Waals surface area contributed by atoms with Gasteiger partial charge in [-0.15, -0.1) is 0 Å². The molecule has 0 aliphatic carbocycles. The van der Waals surface area contributed by atoms with Crippen LogP contribution in [0.2, 0.25) is 0 Å². The molecule has 3 aromatic rings. The summed E-state index contributed by atoms with van der Waals surface area (Å²) < 4.78 is 7.45. The summed E-state index contributed by atoms with van der Waals surface area (Å²) in [6, 6.07) is 3.72. The molecule has 0 aliphatic rings. The number of nitrogens with zero attached hydrogens (tertiary/aromatic N) is 3. The maximum atomic E-state index is 11.2. The monoisotopic (exact) mass is 270 g/mol. The van der Waals surface area contributed by atoms with Crippen LogP contribution < -0.4 is 5.32 Å². The minimum Gasteiger partial charge on any atom is -0.460 e. The van der Waals surface area contributed by atoms with Gasteiger partial charge in [0.2, 0.25) is 5.91 Å². The Labute approximate surface area is 115 Å². The van der Waals surface area contributed by atoms with Crippen LogP contribution in [-0.2, 0) is 4.79 Å². The molecule has 0 fully saturated rings. The zero-order valence-electron chi connectivity index (χ0n) is 11.5. The average Bonchev–Trinajstić information content (AvgIpc) is 2.92. The van der Waals surface area contributed by atoms with Crippen LogP contribution in [0.15, 0.2) is 28.9 Å². The largest absolute Gasteiger partial charge is 0.460 e. The quantitative estimate of drug-likeness (QED) is 0.776. The van der Waals surface area contributed by atoms with Gasteiger partial charge in [-0.25, -0.2) is 9.97 Å². The normalized spacial score (nSPS) is 10.9. The first-order chi connectivity index (χ1) is 9.52. The highest BCUT2D eigenvalue weighted by Gasteiger charge is 2.14. The summed E-state index contributed by atoms with van der Waals surface area (Å²) in [7, 11) is 0. The maximum absolute atomic E-state index is 11.2. The molecule has 0 bridgehead atoms. The number of fused-ring (bicyclic) bond motifs is 1. The standard InChI is InChI=1S/C14H14N4O2/c1-8-6-18-7-12(16-10(3)19)17-13(14(18)15-8)11-5-4-9(2)20-11/h4-7H,1-3H3,(H,16,19). The first kappa shape index (κ1) is 12.4. The van der Waals surface area contributed by atoms with Gasteiger partial charge in [-0.05, 0) is 26.0 Å². The zero-order chi connectivity index (χ0) is 14.3. The Morgan fingerprint density at radius 1 is 1.25 bits per heavy atom. The van der Waals surface area contributed by atoms with Crippen LogP contribution in [0.4, 0.5) is 5.82 Å². The van der Waals surface area contributed by atoms with E-state index in [1.54, 1.807) is 6.20 Å². The van der Waals surface area contributed by atoms with E-state index in [0.29, 0.717) is 22.9 Å². The number of anilines is 1. The molecule has 1 amide bonds. The number of nitrogens with one attached hydrogen (secondary N) is 1. The molecule has 102 valence electrons. The first-order valence-corrected chi connectivity index (χ1v) is 6.23. The number of aryl methyl sites for hydroxylation is 2. The lowest BCUT2D eigenvalue weighted by molar-refractivity contribution is -0.114. The number of carbonyl (C=O) groups excluding carboxylic acids is 1. The van der Waals surface area contributed by atoms with Gasteiger partial charge in [-0.1, -0.05) is 0 Å². The fourth-order valence-corrected chi connectivity index (χ4v) is 2.09. The Morgan fingerprint density at radius 2 is 2.05 bits per heavy atom. The van der Waals surface area contributed by atoms with Crippen molar-refractivity contribution in [1.82, 2.24) is 14.4 Å². The lowest BCUT2D eigenvalue weighted by Gasteiger charge is -2.05. The van der Waals surface area contributed by atoms with Crippen LogP contribution in [-0.4, -0.2) is 20.3 Å². The molecule has 6 nitrogen and oxygen atoms in total. The van der Waals surface area contributed by atoms with Crippen molar-refractivity contribution in [3.63, 3.8) is 0 Å². The van der Waals surface area contributed by atoms with Crippen LogP contribution in [0, 0.1) is 13.8 Å². The smallest absolute Gasteiger partial charge is 0.222 e. The topological polar surface area (TPSA) is 72.4 Å². The van der Waals surface area contributed by atoms with Crippen LogP contribution >= 0.6 is 0 Å². The van der Waals surface area contributed by atoms with E-state index in [-0.39, 0.29) is 5.91 Å². The summed E-state index contributed by atoms with van der Waals surface area (Å²) in [6.45, 7) is 5.22. The molecular formula is C14H14N4O2. The van der Waals surface area contributed by atoms with Gasteiger partial charge >= 0.3 is 0 Å². The number of rotatable bonds is 2. The SMILES string of the molecule is CC(=O)Nc1cn2cc(C)nc2c(-c2ccc(C)o2)n1. The van der Waals surface area contributed by atoms with Gasteiger partial charge in [0.1, 0.15) is 11.6 Å². The molecule has 0 aliphatic heterocycles. The first-order valence-electron chi connectivity index (χ1n) is 6.23. The predicted molar refractivity (Wildman–Crippen MR) is 74.5 cm³/mol. The van der Waals surface area contributed by atoms with Gasteiger partial charge in [0.05, 0.1) is 11.9 Å². The predicted octanol–water partition coefficient (Wildman–Crippen LogP) is 2.56. The number of hydrogen-bond acceptors (Lipinski definition) is 4. The highest BCUT2D eigenvalue weighted by atomic mass is 16.3. The third kappa shape index (κ3) is 2.16. The zero-order valence-corrected chi connectivity index (χ0v) is 11.5. The molecule has 0 saturated heterocycles. The number of furan rings is 1. The van der Waals surface area contributed by atoms with Crippen molar-refractivity contribution in [3.05, 3.63) is 36.0 Å². The Hall–Kier alpha value is -2.63. The Morgan fingerprint density at radius 3 is 2.70 bits per heavy atom. The third-order valence-corrected chi connectivity index (χ3v) is 2.84. The molecule has 0 atom stereocenters. The van der Waals surface area contributed by atoms with E-state index < -0.39 is 0 Å². The van der Waals surface area contributed by atoms with E-state index >= 15 is 0 Å². The van der Waals surface area contributed by atoms with Crippen molar-refractivity contribution in [2.45, 2.75) is 20.8 Å². The van der Waals surface area contributed by atoms with Gasteiger partial charge in [0.25, 0.3) is 0 Å². The molecule has 6 heteroatoms. The molecule has 0 radical (unpaired) electrons. The van der Waals surface area contributed by atoms with Gasteiger partial charge in [-0.3, -0.25) is 4.79 Å². The summed E-state index contributed by atoms with van der Waals surface area (Å²) in [4.78, 5) is 20.1. The molecular weight excluding hydrogens is 256 g/mol. The summed E-state index contributed by atoms with van der Waals surface area (Å²) in [5, 5.41) is 2.68. The summed E-state index contributed by atoms with van der Waals surface area (Å²) in [5.74, 6) is 1.72. The molecule has 3 heterocycles. The molecule has 0 unspecified atom stereocenters. The van der Waals surface area contributed by atoms with Gasteiger partial charge in [0.15, 0.2) is 17.1 Å². The molecule has 3 aromatic heterocycles. The van der Waals surface area contributed by atoms with Crippen molar-refractivity contribution >= 4 is 17.4 Å². The fraction of sp³-hybridized carbons (Fsp3) is 0.214. The van der Waals surface area contributed by atoms with Crippen molar-refractivity contribution in [1.29, 1.82) is 0 Å². The van der Waals surface area contributed by atoms with Crippen molar-refractivity contribution in [2.24, 2.45) is 0 Å². The van der Waals surface area contributed by atoms with E-state index in [4.69, 9.17) is 4.42 Å². The highest BCUT2D eigenvalue weighted by Crippen LogP contribution is 2.26. The maximum Gasteiger partial charge on any atom is 0.222 e.